The molecule has 15 heavy (non-hydrogen) atoms. The van der Waals surface area contributed by atoms with Gasteiger partial charge in [-0.2, -0.15) is 0 Å². The molecule has 5 heteroatoms. The van der Waals surface area contributed by atoms with Gasteiger partial charge in [-0.3, -0.25) is 0 Å². The van der Waals surface area contributed by atoms with Crippen molar-refractivity contribution in [3.05, 3.63) is 0 Å². The predicted molar refractivity (Wildman–Crippen MR) is 60.0 cm³/mol. The predicted octanol–water partition coefficient (Wildman–Crippen LogP) is 1.86. The van der Waals surface area contributed by atoms with Crippen molar-refractivity contribution in [3.63, 3.8) is 0 Å². The molecule has 1 aliphatic rings. The first-order chi connectivity index (χ1) is 7.18. The largest absolute Gasteiger partial charge is 0.311 e. The lowest BCUT2D eigenvalue weighted by Gasteiger charge is -2.17. The van der Waals surface area contributed by atoms with Crippen molar-refractivity contribution in [1.82, 2.24) is 5.32 Å². The van der Waals surface area contributed by atoms with E-state index in [0.717, 1.165) is 12.8 Å². The average molecular weight is 237 g/mol. The van der Waals surface area contributed by atoms with Crippen molar-refractivity contribution < 1.29 is 13.2 Å². The minimum Gasteiger partial charge on any atom is -0.311 e. The Morgan fingerprint density at radius 3 is 2.47 bits per heavy atom. The van der Waals surface area contributed by atoms with Gasteiger partial charge in [-0.25, -0.2) is 8.60 Å². The number of halogens is 1. The maximum absolute atomic E-state index is 13.1. The summed E-state index contributed by atoms with van der Waals surface area (Å²) in [5.74, 6) is -0.278. The lowest BCUT2D eigenvalue weighted by molar-refractivity contribution is 0.320. The number of rotatable bonds is 5. The highest BCUT2D eigenvalue weighted by atomic mass is 32.2. The molecule has 0 bridgehead atoms. The highest BCUT2D eigenvalue weighted by Crippen LogP contribution is 2.17. The molecule has 2 N–H and O–H groups in total. The Balaban J connectivity index is 2.14. The molecule has 0 heterocycles. The molecule has 0 aliphatic heterocycles. The van der Waals surface area contributed by atoms with Crippen LogP contribution < -0.4 is 5.32 Å². The van der Waals surface area contributed by atoms with Crippen molar-refractivity contribution in [2.24, 2.45) is 0 Å². The van der Waals surface area contributed by atoms with Gasteiger partial charge in [0.25, 0.3) is 0 Å². The monoisotopic (exact) mass is 237 g/mol. The minimum absolute atomic E-state index is 0.205. The second kappa shape index (κ2) is 7.30. The van der Waals surface area contributed by atoms with Crippen LogP contribution in [-0.2, 0) is 11.1 Å². The molecule has 0 aromatic heterocycles. The fraction of sp³-hybridized carbons (Fsp3) is 1.00. The van der Waals surface area contributed by atoms with Gasteiger partial charge in [0, 0.05) is 12.6 Å². The van der Waals surface area contributed by atoms with Crippen LogP contribution in [0.4, 0.5) is 4.39 Å². The fourth-order valence-electron chi connectivity index (χ4n) is 1.99. The van der Waals surface area contributed by atoms with Gasteiger partial charge < -0.3 is 9.87 Å². The molecular formula is C10H20FNO2S. The molecule has 0 aromatic carbocycles. The van der Waals surface area contributed by atoms with E-state index >= 15 is 0 Å². The van der Waals surface area contributed by atoms with Crippen LogP contribution in [0.1, 0.15) is 38.5 Å². The van der Waals surface area contributed by atoms with E-state index in [4.69, 9.17) is 4.55 Å². The number of nitrogens with one attached hydrogen (secondary N) is 1. The Morgan fingerprint density at radius 1 is 1.33 bits per heavy atom. The Morgan fingerprint density at radius 2 is 1.93 bits per heavy atom. The third-order valence-corrected chi connectivity index (χ3v) is 3.45. The lowest BCUT2D eigenvalue weighted by Crippen LogP contribution is -2.35. The Kier molecular flexibility index (Phi) is 6.36. The molecule has 3 nitrogen and oxygen atoms in total. The van der Waals surface area contributed by atoms with Crippen LogP contribution in [0.25, 0.3) is 0 Å². The van der Waals surface area contributed by atoms with E-state index in [0.29, 0.717) is 6.04 Å². The molecule has 2 unspecified atom stereocenters. The zero-order chi connectivity index (χ0) is 11.1. The zero-order valence-electron chi connectivity index (χ0n) is 8.95. The minimum atomic E-state index is -2.02. The zero-order valence-corrected chi connectivity index (χ0v) is 9.77. The number of hydrogen-bond donors (Lipinski definition) is 2. The van der Waals surface area contributed by atoms with Gasteiger partial charge in [-0.05, 0) is 12.8 Å². The molecule has 90 valence electrons. The van der Waals surface area contributed by atoms with Gasteiger partial charge in [0.05, 0.1) is 5.75 Å². The number of alkyl halides is 1. The molecule has 0 spiro atoms. The molecule has 1 saturated carbocycles. The highest BCUT2D eigenvalue weighted by molar-refractivity contribution is 7.79. The van der Waals surface area contributed by atoms with Gasteiger partial charge >= 0.3 is 0 Å². The Labute approximate surface area is 93.1 Å². The molecule has 0 radical (unpaired) electrons. The van der Waals surface area contributed by atoms with Gasteiger partial charge in [0.2, 0.25) is 0 Å². The van der Waals surface area contributed by atoms with Gasteiger partial charge in [-0.15, -0.1) is 0 Å². The summed E-state index contributed by atoms with van der Waals surface area (Å²) in [5.41, 5.74) is 0. The van der Waals surface area contributed by atoms with E-state index in [1.165, 1.54) is 25.7 Å². The molecule has 1 fully saturated rings. The average Bonchev–Trinajstić information content (AvgIpc) is 2.41. The third kappa shape index (κ3) is 6.22. The van der Waals surface area contributed by atoms with Crippen LogP contribution in [0.15, 0.2) is 0 Å². The first-order valence-electron chi connectivity index (χ1n) is 5.63. The first kappa shape index (κ1) is 13.1. The van der Waals surface area contributed by atoms with Crippen LogP contribution in [0.2, 0.25) is 0 Å². The van der Waals surface area contributed by atoms with Crippen LogP contribution in [0.3, 0.4) is 0 Å². The molecule has 0 amide bonds. The maximum Gasteiger partial charge on any atom is 0.155 e. The standard InChI is InChI=1S/C10H20FNO2S/c11-9(8-15(13)14)7-12-10-5-3-1-2-4-6-10/h9-10,12H,1-8H2,(H,13,14). The van der Waals surface area contributed by atoms with Gasteiger partial charge in [-0.1, -0.05) is 25.7 Å². The second-order valence-electron chi connectivity index (χ2n) is 4.18. The van der Waals surface area contributed by atoms with Crippen LogP contribution in [-0.4, -0.2) is 33.3 Å². The molecule has 1 rings (SSSR count). The third-order valence-electron chi connectivity index (χ3n) is 2.81. The van der Waals surface area contributed by atoms with Crippen LogP contribution in [0, 0.1) is 0 Å². The van der Waals surface area contributed by atoms with E-state index in [-0.39, 0.29) is 12.3 Å². The van der Waals surface area contributed by atoms with Gasteiger partial charge in [0.1, 0.15) is 6.17 Å². The first-order valence-corrected chi connectivity index (χ1v) is 6.91. The maximum atomic E-state index is 13.1. The Hall–Kier alpha value is -0.0000000000000000486. The summed E-state index contributed by atoms with van der Waals surface area (Å²) in [7, 11) is 0. The normalized spacial score (nSPS) is 23.3. The van der Waals surface area contributed by atoms with E-state index in [2.05, 4.69) is 5.32 Å². The summed E-state index contributed by atoms with van der Waals surface area (Å²) >= 11 is -2.02. The van der Waals surface area contributed by atoms with Crippen molar-refractivity contribution in [2.75, 3.05) is 12.3 Å². The van der Waals surface area contributed by atoms with Crippen LogP contribution in [0.5, 0.6) is 0 Å². The van der Waals surface area contributed by atoms with E-state index in [9.17, 15) is 8.60 Å². The fourth-order valence-corrected chi connectivity index (χ4v) is 2.42. The SMILES string of the molecule is O=S(O)CC(F)CNC1CCCCCC1. The van der Waals surface area contributed by atoms with E-state index < -0.39 is 17.3 Å². The second-order valence-corrected chi connectivity index (χ2v) is 5.16. The van der Waals surface area contributed by atoms with Crippen LogP contribution >= 0.6 is 0 Å². The number of hydrogen-bond acceptors (Lipinski definition) is 2. The van der Waals surface area contributed by atoms with Crippen molar-refractivity contribution in [1.29, 1.82) is 0 Å². The topological polar surface area (TPSA) is 49.3 Å². The van der Waals surface area contributed by atoms with Crippen molar-refractivity contribution in [3.8, 4) is 0 Å². The molecular weight excluding hydrogens is 217 g/mol. The van der Waals surface area contributed by atoms with E-state index in [1.54, 1.807) is 0 Å². The van der Waals surface area contributed by atoms with Gasteiger partial charge in [0.15, 0.2) is 11.1 Å². The molecule has 0 saturated heterocycles. The molecule has 0 aromatic rings. The summed E-state index contributed by atoms with van der Waals surface area (Å²) in [5, 5.41) is 3.15. The van der Waals surface area contributed by atoms with Crippen molar-refractivity contribution in [2.45, 2.75) is 50.7 Å². The quantitative estimate of drug-likeness (QED) is 0.567. The molecule has 1 aliphatic carbocycles. The lowest BCUT2D eigenvalue weighted by atomic mass is 10.1. The summed E-state index contributed by atoms with van der Waals surface area (Å²) in [6.07, 6.45) is 5.97. The summed E-state index contributed by atoms with van der Waals surface area (Å²) < 4.78 is 32.0. The van der Waals surface area contributed by atoms with Crippen molar-refractivity contribution >= 4 is 11.1 Å². The Bertz CT molecular complexity index is 196. The smallest absolute Gasteiger partial charge is 0.155 e. The summed E-state index contributed by atoms with van der Waals surface area (Å²) in [4.78, 5) is 0. The highest BCUT2D eigenvalue weighted by Gasteiger charge is 2.15. The molecule has 2 atom stereocenters. The summed E-state index contributed by atoms with van der Waals surface area (Å²) in [6, 6.07) is 0.401. The van der Waals surface area contributed by atoms with E-state index in [1.807, 2.05) is 0 Å². The summed E-state index contributed by atoms with van der Waals surface area (Å²) in [6.45, 7) is 0.205.